The highest BCUT2D eigenvalue weighted by molar-refractivity contribution is 5.29. The van der Waals surface area contributed by atoms with Gasteiger partial charge in [-0.2, -0.15) is 4.39 Å². The van der Waals surface area contributed by atoms with Gasteiger partial charge in [-0.3, -0.25) is 0 Å². The van der Waals surface area contributed by atoms with Crippen LogP contribution in [-0.4, -0.2) is 12.4 Å². The summed E-state index contributed by atoms with van der Waals surface area (Å²) >= 11 is 0. The zero-order chi connectivity index (χ0) is 11.6. The third-order valence-corrected chi connectivity index (χ3v) is 2.70. The van der Waals surface area contributed by atoms with Gasteiger partial charge in [-0.25, -0.2) is 0 Å². The van der Waals surface area contributed by atoms with Crippen LogP contribution >= 0.6 is 0 Å². The van der Waals surface area contributed by atoms with Crippen LogP contribution in [-0.2, 0) is 0 Å². The Labute approximate surface area is 95.8 Å². The quantitative estimate of drug-likeness (QED) is 0.849. The first kappa shape index (κ1) is 11.4. The van der Waals surface area contributed by atoms with Crippen LogP contribution in [0, 0.1) is 0 Å². The highest BCUT2D eigenvalue weighted by Gasteiger charge is 2.18. The Bertz CT molecular complexity index is 336. The molecule has 1 atom stereocenters. The number of benzene rings is 1. The normalized spacial score (nSPS) is 21.1. The third kappa shape index (κ3) is 2.95. The zero-order valence-electron chi connectivity index (χ0n) is 9.79. The van der Waals surface area contributed by atoms with Gasteiger partial charge in [0.2, 0.25) is 5.85 Å². The minimum absolute atomic E-state index is 0.451. The maximum atomic E-state index is 13.2. The summed E-state index contributed by atoms with van der Waals surface area (Å²) in [4.78, 5) is 0. The van der Waals surface area contributed by atoms with Crippen LogP contribution in [0.1, 0.15) is 38.3 Å². The molecule has 0 radical (unpaired) electrons. The first-order valence-corrected chi connectivity index (χ1v) is 5.76. The van der Waals surface area contributed by atoms with Crippen molar-refractivity contribution in [2.24, 2.45) is 0 Å². The summed E-state index contributed by atoms with van der Waals surface area (Å²) in [5, 5.41) is 3.43. The Morgan fingerprint density at radius 2 is 2.00 bits per heavy atom. The van der Waals surface area contributed by atoms with E-state index in [-0.39, 0.29) is 0 Å². The Kier molecular flexibility index (Phi) is 3.15. The Balaban J connectivity index is 2.04. The number of hydrogen-bond acceptors (Lipinski definition) is 2. The molecular formula is C13H18FNO. The molecule has 1 N–H and O–H groups in total. The molecule has 16 heavy (non-hydrogen) atoms. The first-order valence-electron chi connectivity index (χ1n) is 5.76. The minimum Gasteiger partial charge on any atom is -0.459 e. The lowest BCUT2D eigenvalue weighted by Gasteiger charge is -2.18. The molecule has 0 bridgehead atoms. The van der Waals surface area contributed by atoms with Gasteiger partial charge in [0.1, 0.15) is 5.75 Å². The van der Waals surface area contributed by atoms with Crippen LogP contribution in [0.4, 0.5) is 4.39 Å². The minimum atomic E-state index is -1.62. The van der Waals surface area contributed by atoms with Crippen LogP contribution in [0.5, 0.6) is 5.75 Å². The molecule has 1 aromatic carbocycles. The van der Waals surface area contributed by atoms with Gasteiger partial charge in [0.15, 0.2) is 0 Å². The fourth-order valence-electron chi connectivity index (χ4n) is 2.02. The second kappa shape index (κ2) is 4.42. The van der Waals surface area contributed by atoms with Crippen LogP contribution in [0.3, 0.4) is 0 Å². The molecule has 1 aliphatic rings. The number of nitrogens with one attached hydrogen (secondary N) is 1. The summed E-state index contributed by atoms with van der Waals surface area (Å²) in [5.74, 6) is -1.04. The van der Waals surface area contributed by atoms with Crippen LogP contribution < -0.4 is 10.1 Å². The second-order valence-corrected chi connectivity index (χ2v) is 4.68. The van der Waals surface area contributed by atoms with Crippen LogP contribution in [0.15, 0.2) is 24.3 Å². The molecule has 0 saturated carbocycles. The summed E-state index contributed by atoms with van der Waals surface area (Å²) in [6.45, 7) is 3.89. The largest absolute Gasteiger partial charge is 0.459 e. The number of hydrogen-bond donors (Lipinski definition) is 1. The van der Waals surface area contributed by atoms with E-state index in [1.165, 1.54) is 32.3 Å². The average Bonchev–Trinajstić information content (AvgIpc) is 2.69. The Hall–Kier alpha value is -1.09. The fourth-order valence-corrected chi connectivity index (χ4v) is 2.02. The highest BCUT2D eigenvalue weighted by atomic mass is 19.2. The number of rotatable bonds is 3. The molecule has 1 heterocycles. The molecule has 2 rings (SSSR count). The molecule has 2 nitrogen and oxygen atoms in total. The van der Waals surface area contributed by atoms with Crippen molar-refractivity contribution >= 4 is 0 Å². The van der Waals surface area contributed by atoms with Crippen molar-refractivity contribution in [1.82, 2.24) is 5.32 Å². The van der Waals surface area contributed by atoms with Crippen molar-refractivity contribution < 1.29 is 9.13 Å². The summed E-state index contributed by atoms with van der Waals surface area (Å²) in [7, 11) is 0. The summed E-state index contributed by atoms with van der Waals surface area (Å²) in [5.41, 5.74) is 1.25. The van der Waals surface area contributed by atoms with E-state index in [0.29, 0.717) is 11.8 Å². The van der Waals surface area contributed by atoms with E-state index in [9.17, 15) is 4.39 Å². The lowest BCUT2D eigenvalue weighted by atomic mass is 10.1. The average molecular weight is 223 g/mol. The Morgan fingerprint density at radius 1 is 1.31 bits per heavy atom. The maximum absolute atomic E-state index is 13.2. The van der Waals surface area contributed by atoms with Gasteiger partial charge >= 0.3 is 0 Å². The maximum Gasteiger partial charge on any atom is 0.242 e. The fraction of sp³-hybridized carbons (Fsp3) is 0.538. The molecule has 1 fully saturated rings. The predicted molar refractivity (Wildman–Crippen MR) is 62.2 cm³/mol. The molecule has 1 unspecified atom stereocenters. The molecule has 0 amide bonds. The molecule has 1 saturated heterocycles. The van der Waals surface area contributed by atoms with Gasteiger partial charge < -0.3 is 10.1 Å². The number of ether oxygens (including phenoxy) is 1. The van der Waals surface area contributed by atoms with Crippen LogP contribution in [0.2, 0.25) is 0 Å². The van der Waals surface area contributed by atoms with Gasteiger partial charge in [-0.15, -0.1) is 0 Å². The van der Waals surface area contributed by atoms with E-state index in [1.807, 2.05) is 24.3 Å². The van der Waals surface area contributed by atoms with Gasteiger partial charge in [0, 0.05) is 19.9 Å². The lowest BCUT2D eigenvalue weighted by Crippen LogP contribution is -2.21. The SMILES string of the molecule is CC(C)(F)Oc1ccc(C2CCCN2)cc1. The summed E-state index contributed by atoms with van der Waals surface area (Å²) < 4.78 is 18.4. The van der Waals surface area contributed by atoms with E-state index >= 15 is 0 Å². The van der Waals surface area contributed by atoms with E-state index in [0.717, 1.165) is 6.54 Å². The zero-order valence-corrected chi connectivity index (χ0v) is 9.79. The van der Waals surface area contributed by atoms with Crippen molar-refractivity contribution in [2.45, 2.75) is 38.6 Å². The second-order valence-electron chi connectivity index (χ2n) is 4.68. The summed E-state index contributed by atoms with van der Waals surface area (Å²) in [6.07, 6.45) is 2.40. The van der Waals surface area contributed by atoms with Crippen molar-refractivity contribution in [3.05, 3.63) is 29.8 Å². The molecular weight excluding hydrogens is 205 g/mol. The van der Waals surface area contributed by atoms with Gasteiger partial charge in [-0.1, -0.05) is 12.1 Å². The van der Waals surface area contributed by atoms with Gasteiger partial charge in [-0.05, 0) is 37.1 Å². The van der Waals surface area contributed by atoms with Gasteiger partial charge in [0.25, 0.3) is 0 Å². The van der Waals surface area contributed by atoms with E-state index in [2.05, 4.69) is 5.32 Å². The standard InChI is InChI=1S/C13H18FNO/c1-13(2,14)16-11-7-5-10(6-8-11)12-4-3-9-15-12/h5-8,12,15H,3-4,9H2,1-2H3. The monoisotopic (exact) mass is 223 g/mol. The van der Waals surface area contributed by atoms with E-state index in [4.69, 9.17) is 4.74 Å². The molecule has 3 heteroatoms. The topological polar surface area (TPSA) is 21.3 Å². The molecule has 0 aliphatic carbocycles. The summed E-state index contributed by atoms with van der Waals surface area (Å²) in [6, 6.07) is 8.12. The number of alkyl halides is 1. The predicted octanol–water partition coefficient (Wildman–Crippen LogP) is 3.20. The molecule has 0 spiro atoms. The van der Waals surface area contributed by atoms with Crippen LogP contribution in [0.25, 0.3) is 0 Å². The first-order chi connectivity index (χ1) is 7.54. The lowest BCUT2D eigenvalue weighted by molar-refractivity contribution is -0.0257. The third-order valence-electron chi connectivity index (χ3n) is 2.70. The molecule has 1 aromatic rings. The molecule has 0 aromatic heterocycles. The molecule has 88 valence electrons. The molecule has 1 aliphatic heterocycles. The van der Waals surface area contributed by atoms with E-state index < -0.39 is 5.85 Å². The number of halogens is 1. The highest BCUT2D eigenvalue weighted by Crippen LogP contribution is 2.26. The van der Waals surface area contributed by atoms with E-state index in [1.54, 1.807) is 0 Å². The smallest absolute Gasteiger partial charge is 0.242 e. The van der Waals surface area contributed by atoms with Crippen molar-refractivity contribution in [1.29, 1.82) is 0 Å². The van der Waals surface area contributed by atoms with Crippen molar-refractivity contribution in [3.63, 3.8) is 0 Å². The Morgan fingerprint density at radius 3 is 2.50 bits per heavy atom. The van der Waals surface area contributed by atoms with Crippen molar-refractivity contribution in [3.8, 4) is 5.75 Å². The van der Waals surface area contributed by atoms with Gasteiger partial charge in [0.05, 0.1) is 0 Å². The van der Waals surface area contributed by atoms with Crippen molar-refractivity contribution in [2.75, 3.05) is 6.54 Å².